The molecule has 0 aliphatic heterocycles. The van der Waals surface area contributed by atoms with Crippen molar-refractivity contribution >= 4 is 17.6 Å². The van der Waals surface area contributed by atoms with Crippen molar-refractivity contribution in [3.8, 4) is 6.07 Å². The number of nitrogen functional groups attached to an aromatic ring is 1. The SMILES string of the molecule is Cc1ccc(C)c(CSc2ncc(C#N)c(N)n2)c1. The largest absolute Gasteiger partial charge is 0.382 e. The summed E-state index contributed by atoms with van der Waals surface area (Å²) in [6.45, 7) is 4.16. The molecule has 5 heteroatoms. The number of benzene rings is 1. The van der Waals surface area contributed by atoms with Gasteiger partial charge in [0, 0.05) is 5.75 Å². The number of thioether (sulfide) groups is 1. The maximum absolute atomic E-state index is 8.77. The van der Waals surface area contributed by atoms with Crippen LogP contribution < -0.4 is 5.73 Å². The summed E-state index contributed by atoms with van der Waals surface area (Å²) in [5, 5.41) is 9.36. The van der Waals surface area contributed by atoms with E-state index in [1.165, 1.54) is 34.6 Å². The van der Waals surface area contributed by atoms with E-state index in [1.807, 2.05) is 6.07 Å². The second kappa shape index (κ2) is 5.72. The van der Waals surface area contributed by atoms with Crippen LogP contribution in [0, 0.1) is 25.2 Å². The molecule has 0 aliphatic carbocycles. The average Bonchev–Trinajstić information content (AvgIpc) is 2.40. The number of nitriles is 1. The first kappa shape index (κ1) is 13.4. The first-order valence-electron chi connectivity index (χ1n) is 5.81. The highest BCUT2D eigenvalue weighted by Crippen LogP contribution is 2.23. The number of nitrogens with two attached hydrogens (primary N) is 1. The number of aromatic nitrogens is 2. The smallest absolute Gasteiger partial charge is 0.189 e. The lowest BCUT2D eigenvalue weighted by atomic mass is 10.1. The van der Waals surface area contributed by atoms with Gasteiger partial charge in [0.15, 0.2) is 5.16 Å². The number of aryl methyl sites for hydroxylation is 2. The lowest BCUT2D eigenvalue weighted by molar-refractivity contribution is 0.968. The molecule has 0 atom stereocenters. The van der Waals surface area contributed by atoms with E-state index in [1.54, 1.807) is 0 Å². The molecule has 2 aromatic rings. The Morgan fingerprint density at radius 1 is 1.37 bits per heavy atom. The van der Waals surface area contributed by atoms with Crippen molar-refractivity contribution in [2.24, 2.45) is 0 Å². The molecule has 0 amide bonds. The van der Waals surface area contributed by atoms with Gasteiger partial charge in [-0.25, -0.2) is 9.97 Å². The molecular formula is C14H14N4S. The first-order valence-corrected chi connectivity index (χ1v) is 6.80. The molecule has 2 rings (SSSR count). The summed E-state index contributed by atoms with van der Waals surface area (Å²) < 4.78 is 0. The Balaban J connectivity index is 2.13. The van der Waals surface area contributed by atoms with Crippen molar-refractivity contribution in [2.45, 2.75) is 24.8 Å². The Hall–Kier alpha value is -2.06. The predicted molar refractivity (Wildman–Crippen MR) is 76.6 cm³/mol. The molecule has 1 aromatic heterocycles. The normalized spacial score (nSPS) is 10.2. The summed E-state index contributed by atoms with van der Waals surface area (Å²) in [5.41, 5.74) is 9.73. The Bertz CT molecular complexity index is 646. The minimum atomic E-state index is 0.237. The highest BCUT2D eigenvalue weighted by molar-refractivity contribution is 7.98. The van der Waals surface area contributed by atoms with Crippen molar-refractivity contribution in [1.29, 1.82) is 5.26 Å². The van der Waals surface area contributed by atoms with Gasteiger partial charge in [-0.05, 0) is 25.0 Å². The zero-order chi connectivity index (χ0) is 13.8. The van der Waals surface area contributed by atoms with Crippen LogP contribution in [0.25, 0.3) is 0 Å². The highest BCUT2D eigenvalue weighted by atomic mass is 32.2. The summed E-state index contributed by atoms with van der Waals surface area (Å²) in [7, 11) is 0. The van der Waals surface area contributed by atoms with E-state index in [-0.39, 0.29) is 5.82 Å². The van der Waals surface area contributed by atoms with Gasteiger partial charge in [-0.15, -0.1) is 0 Å². The standard InChI is InChI=1S/C14H14N4S/c1-9-3-4-10(2)11(5-9)8-19-14-17-7-12(6-15)13(16)18-14/h3-5,7H,8H2,1-2H3,(H2,16,17,18). The average molecular weight is 270 g/mol. The highest BCUT2D eigenvalue weighted by Gasteiger charge is 2.06. The third kappa shape index (κ3) is 3.24. The van der Waals surface area contributed by atoms with E-state index in [9.17, 15) is 0 Å². The summed E-state index contributed by atoms with van der Waals surface area (Å²) in [5.74, 6) is 1.03. The van der Waals surface area contributed by atoms with E-state index in [0.29, 0.717) is 10.7 Å². The van der Waals surface area contributed by atoms with Crippen molar-refractivity contribution in [3.63, 3.8) is 0 Å². The number of anilines is 1. The van der Waals surface area contributed by atoms with Gasteiger partial charge in [-0.1, -0.05) is 35.5 Å². The first-order chi connectivity index (χ1) is 9.10. The van der Waals surface area contributed by atoms with Crippen molar-refractivity contribution < 1.29 is 0 Å². The molecule has 4 nitrogen and oxygen atoms in total. The molecule has 1 aromatic carbocycles. The van der Waals surface area contributed by atoms with Crippen LogP contribution in [0.3, 0.4) is 0 Å². The number of hydrogen-bond acceptors (Lipinski definition) is 5. The molecule has 0 spiro atoms. The summed E-state index contributed by atoms with van der Waals surface area (Å²) in [4.78, 5) is 8.25. The van der Waals surface area contributed by atoms with Gasteiger partial charge in [-0.2, -0.15) is 5.26 Å². The third-order valence-corrected chi connectivity index (χ3v) is 3.69. The van der Waals surface area contributed by atoms with Crippen molar-refractivity contribution in [1.82, 2.24) is 9.97 Å². The Kier molecular flexibility index (Phi) is 4.03. The molecule has 0 saturated carbocycles. The van der Waals surface area contributed by atoms with Gasteiger partial charge in [-0.3, -0.25) is 0 Å². The van der Waals surface area contributed by atoms with Gasteiger partial charge in [0.05, 0.1) is 6.20 Å². The molecule has 0 saturated heterocycles. The minimum absolute atomic E-state index is 0.237. The topological polar surface area (TPSA) is 75.6 Å². The maximum atomic E-state index is 8.77. The fourth-order valence-corrected chi connectivity index (χ4v) is 2.52. The van der Waals surface area contributed by atoms with E-state index < -0.39 is 0 Å². The Morgan fingerprint density at radius 3 is 2.84 bits per heavy atom. The molecule has 0 unspecified atom stereocenters. The van der Waals surface area contributed by atoms with Gasteiger partial charge >= 0.3 is 0 Å². The van der Waals surface area contributed by atoms with Crippen LogP contribution in [0.15, 0.2) is 29.6 Å². The van der Waals surface area contributed by atoms with Gasteiger partial charge in [0.1, 0.15) is 17.5 Å². The molecule has 0 fully saturated rings. The van der Waals surface area contributed by atoms with Crippen LogP contribution in [-0.4, -0.2) is 9.97 Å². The van der Waals surface area contributed by atoms with Gasteiger partial charge in [0.2, 0.25) is 0 Å². The zero-order valence-electron chi connectivity index (χ0n) is 10.8. The van der Waals surface area contributed by atoms with Crippen molar-refractivity contribution in [3.05, 3.63) is 46.6 Å². The molecule has 19 heavy (non-hydrogen) atoms. The fourth-order valence-electron chi connectivity index (χ4n) is 1.63. The molecule has 0 aliphatic rings. The second-order valence-electron chi connectivity index (χ2n) is 4.28. The second-order valence-corrected chi connectivity index (χ2v) is 5.22. The molecule has 2 N–H and O–H groups in total. The lowest BCUT2D eigenvalue weighted by Gasteiger charge is -2.06. The van der Waals surface area contributed by atoms with Gasteiger partial charge < -0.3 is 5.73 Å². The summed E-state index contributed by atoms with van der Waals surface area (Å²) >= 11 is 1.52. The van der Waals surface area contributed by atoms with E-state index >= 15 is 0 Å². The molecule has 0 radical (unpaired) electrons. The number of rotatable bonds is 3. The number of nitrogens with zero attached hydrogens (tertiary/aromatic N) is 3. The van der Waals surface area contributed by atoms with E-state index in [4.69, 9.17) is 11.0 Å². The van der Waals surface area contributed by atoms with Crippen molar-refractivity contribution in [2.75, 3.05) is 5.73 Å². The van der Waals surface area contributed by atoms with Crippen LogP contribution in [0.2, 0.25) is 0 Å². The van der Waals surface area contributed by atoms with Crippen LogP contribution in [-0.2, 0) is 5.75 Å². The molecule has 1 heterocycles. The monoisotopic (exact) mass is 270 g/mol. The van der Waals surface area contributed by atoms with Crippen LogP contribution >= 0.6 is 11.8 Å². The maximum Gasteiger partial charge on any atom is 0.189 e. The summed E-state index contributed by atoms with van der Waals surface area (Å²) in [6.07, 6.45) is 1.47. The zero-order valence-corrected chi connectivity index (χ0v) is 11.7. The van der Waals surface area contributed by atoms with Crippen LogP contribution in [0.5, 0.6) is 0 Å². The van der Waals surface area contributed by atoms with Crippen LogP contribution in [0.4, 0.5) is 5.82 Å². The Morgan fingerprint density at radius 2 is 2.16 bits per heavy atom. The summed E-state index contributed by atoms with van der Waals surface area (Å²) in [6, 6.07) is 8.32. The van der Waals surface area contributed by atoms with E-state index in [0.717, 1.165) is 5.75 Å². The third-order valence-electron chi connectivity index (χ3n) is 2.78. The van der Waals surface area contributed by atoms with E-state index in [2.05, 4.69) is 42.0 Å². The number of hydrogen-bond donors (Lipinski definition) is 1. The predicted octanol–water partition coefficient (Wildman–Crippen LogP) is 2.84. The molecule has 0 bridgehead atoms. The van der Waals surface area contributed by atoms with Crippen LogP contribution in [0.1, 0.15) is 22.3 Å². The minimum Gasteiger partial charge on any atom is -0.382 e. The quantitative estimate of drug-likeness (QED) is 0.685. The fraction of sp³-hybridized carbons (Fsp3) is 0.214. The van der Waals surface area contributed by atoms with Gasteiger partial charge in [0.25, 0.3) is 0 Å². The lowest BCUT2D eigenvalue weighted by Crippen LogP contribution is -1.98. The molecule has 96 valence electrons. The Labute approximate surface area is 116 Å². The molecular weight excluding hydrogens is 256 g/mol.